The molecule has 1 rings (SSSR count). The zero-order valence-electron chi connectivity index (χ0n) is 6.85. The van der Waals surface area contributed by atoms with Gasteiger partial charge in [-0.25, -0.2) is 0 Å². The fourth-order valence-electron chi connectivity index (χ4n) is 1.58. The lowest BCUT2D eigenvalue weighted by Gasteiger charge is -2.36. The van der Waals surface area contributed by atoms with Gasteiger partial charge in [0.1, 0.15) is 0 Å². The number of rotatable bonds is 0. The van der Waals surface area contributed by atoms with E-state index in [0.29, 0.717) is 0 Å². The zero-order valence-corrected chi connectivity index (χ0v) is 6.85. The molecule has 1 nitrogen and oxygen atoms in total. The Balaban J connectivity index is 2.63. The maximum absolute atomic E-state index is 9.51. The van der Waals surface area contributed by atoms with Crippen LogP contribution in [-0.2, 0) is 0 Å². The van der Waals surface area contributed by atoms with Crippen molar-refractivity contribution in [1.29, 1.82) is 0 Å². The highest BCUT2D eigenvalue weighted by Gasteiger charge is 2.31. The van der Waals surface area contributed by atoms with Gasteiger partial charge in [-0.2, -0.15) is 0 Å². The van der Waals surface area contributed by atoms with Gasteiger partial charge in [-0.3, -0.25) is 0 Å². The van der Waals surface area contributed by atoms with Crippen molar-refractivity contribution in [3.8, 4) is 0 Å². The zero-order chi connectivity index (χ0) is 7.78. The molecule has 0 aromatic carbocycles. The molecule has 58 valence electrons. The van der Waals surface area contributed by atoms with Crippen LogP contribution in [0.1, 0.15) is 33.1 Å². The number of aliphatic hydroxyl groups excluding tert-OH is 1. The Kier molecular flexibility index (Phi) is 1.86. The van der Waals surface area contributed by atoms with E-state index in [1.54, 1.807) is 0 Å². The maximum Gasteiger partial charge on any atom is 0.0597 e. The lowest BCUT2D eigenvalue weighted by atomic mass is 9.73. The molecule has 0 bridgehead atoms. The second-order valence-electron chi connectivity index (χ2n) is 3.97. The number of hydrogen-bond donors (Lipinski definition) is 1. The van der Waals surface area contributed by atoms with Crippen LogP contribution in [0.2, 0.25) is 0 Å². The summed E-state index contributed by atoms with van der Waals surface area (Å²) < 4.78 is 0. The van der Waals surface area contributed by atoms with Crippen LogP contribution in [0.15, 0.2) is 12.2 Å². The predicted octanol–water partition coefficient (Wildman–Crippen LogP) is 2.11. The summed E-state index contributed by atoms with van der Waals surface area (Å²) in [5, 5.41) is 9.51. The lowest BCUT2D eigenvalue weighted by molar-refractivity contribution is 0.0295. The summed E-state index contributed by atoms with van der Waals surface area (Å²) in [6.45, 7) is 8.13. The first-order valence-electron chi connectivity index (χ1n) is 3.87. The molecule has 0 aromatic heterocycles. The maximum atomic E-state index is 9.51. The van der Waals surface area contributed by atoms with Crippen molar-refractivity contribution in [3.63, 3.8) is 0 Å². The van der Waals surface area contributed by atoms with Crippen LogP contribution in [-0.4, -0.2) is 11.2 Å². The van der Waals surface area contributed by atoms with Crippen LogP contribution >= 0.6 is 0 Å². The van der Waals surface area contributed by atoms with Crippen molar-refractivity contribution in [2.75, 3.05) is 0 Å². The fourth-order valence-corrected chi connectivity index (χ4v) is 1.58. The molecule has 0 spiro atoms. The summed E-state index contributed by atoms with van der Waals surface area (Å²) in [5.41, 5.74) is 1.35. The highest BCUT2D eigenvalue weighted by atomic mass is 16.3. The third kappa shape index (κ3) is 1.40. The molecule has 1 atom stereocenters. The molecule has 1 unspecified atom stereocenters. The van der Waals surface area contributed by atoms with Gasteiger partial charge < -0.3 is 5.11 Å². The second-order valence-corrected chi connectivity index (χ2v) is 3.97. The molecule has 1 fully saturated rings. The van der Waals surface area contributed by atoms with Gasteiger partial charge in [-0.05, 0) is 24.7 Å². The van der Waals surface area contributed by atoms with Gasteiger partial charge in [-0.1, -0.05) is 26.0 Å². The largest absolute Gasteiger partial charge is 0.393 e. The van der Waals surface area contributed by atoms with E-state index in [1.807, 2.05) is 0 Å². The average molecular weight is 140 g/mol. The van der Waals surface area contributed by atoms with Crippen molar-refractivity contribution in [3.05, 3.63) is 12.2 Å². The lowest BCUT2D eigenvalue weighted by Crippen LogP contribution is -2.33. The van der Waals surface area contributed by atoms with Gasteiger partial charge in [0.2, 0.25) is 0 Å². The molecule has 0 heterocycles. The van der Waals surface area contributed by atoms with Crippen molar-refractivity contribution in [2.45, 2.75) is 39.2 Å². The number of hydrogen-bond acceptors (Lipinski definition) is 1. The van der Waals surface area contributed by atoms with Crippen LogP contribution in [0.25, 0.3) is 0 Å². The van der Waals surface area contributed by atoms with E-state index >= 15 is 0 Å². The van der Waals surface area contributed by atoms with E-state index in [0.717, 1.165) is 19.3 Å². The molecule has 0 amide bonds. The Labute approximate surface area is 62.8 Å². The molecule has 1 heteroatoms. The second kappa shape index (κ2) is 2.39. The molecule has 1 aliphatic rings. The normalized spacial score (nSPS) is 32.3. The monoisotopic (exact) mass is 140 g/mol. The van der Waals surface area contributed by atoms with Gasteiger partial charge in [0.25, 0.3) is 0 Å². The van der Waals surface area contributed by atoms with E-state index in [1.165, 1.54) is 5.57 Å². The first-order chi connectivity index (χ1) is 4.52. The van der Waals surface area contributed by atoms with E-state index in [2.05, 4.69) is 20.4 Å². The summed E-state index contributed by atoms with van der Waals surface area (Å²) in [7, 11) is 0. The molecule has 1 aliphatic carbocycles. The summed E-state index contributed by atoms with van der Waals surface area (Å²) in [4.78, 5) is 0. The van der Waals surface area contributed by atoms with Crippen LogP contribution in [0.5, 0.6) is 0 Å². The van der Waals surface area contributed by atoms with E-state index < -0.39 is 0 Å². The number of allylic oxidation sites excluding steroid dienone is 1. The first kappa shape index (κ1) is 7.80. The predicted molar refractivity (Wildman–Crippen MR) is 42.8 cm³/mol. The summed E-state index contributed by atoms with van der Waals surface area (Å²) in [6, 6.07) is 0. The first-order valence-corrected chi connectivity index (χ1v) is 3.87. The standard InChI is InChI=1S/C9H16O/c1-7-4-5-8(10)9(2,3)6-7/h8,10H,1,4-6H2,2-3H3. The molecular formula is C9H16O. The SMILES string of the molecule is C=C1CCC(O)C(C)(C)C1. The minimum atomic E-state index is -0.127. The van der Waals surface area contributed by atoms with Crippen molar-refractivity contribution < 1.29 is 5.11 Å². The molecular weight excluding hydrogens is 124 g/mol. The Morgan fingerprint density at radius 2 is 2.20 bits per heavy atom. The van der Waals surface area contributed by atoms with E-state index in [-0.39, 0.29) is 11.5 Å². The Morgan fingerprint density at radius 1 is 1.60 bits per heavy atom. The van der Waals surface area contributed by atoms with Crippen LogP contribution in [0.4, 0.5) is 0 Å². The van der Waals surface area contributed by atoms with Crippen molar-refractivity contribution >= 4 is 0 Å². The summed E-state index contributed by atoms with van der Waals surface area (Å²) >= 11 is 0. The topological polar surface area (TPSA) is 20.2 Å². The third-order valence-electron chi connectivity index (χ3n) is 2.38. The van der Waals surface area contributed by atoms with Gasteiger partial charge >= 0.3 is 0 Å². The molecule has 0 radical (unpaired) electrons. The molecule has 0 aliphatic heterocycles. The van der Waals surface area contributed by atoms with Crippen molar-refractivity contribution in [1.82, 2.24) is 0 Å². The summed E-state index contributed by atoms with van der Waals surface area (Å²) in [6.07, 6.45) is 2.75. The third-order valence-corrected chi connectivity index (χ3v) is 2.38. The van der Waals surface area contributed by atoms with Gasteiger partial charge in [-0.15, -0.1) is 0 Å². The van der Waals surface area contributed by atoms with Crippen LogP contribution < -0.4 is 0 Å². The molecule has 1 N–H and O–H groups in total. The van der Waals surface area contributed by atoms with Gasteiger partial charge in [0, 0.05) is 0 Å². The minimum Gasteiger partial charge on any atom is -0.393 e. The molecule has 1 saturated carbocycles. The quantitative estimate of drug-likeness (QED) is 0.511. The van der Waals surface area contributed by atoms with Crippen LogP contribution in [0, 0.1) is 5.41 Å². The van der Waals surface area contributed by atoms with E-state index in [4.69, 9.17) is 0 Å². The van der Waals surface area contributed by atoms with Gasteiger partial charge in [0.15, 0.2) is 0 Å². The molecule has 0 aromatic rings. The minimum absolute atomic E-state index is 0.0648. The number of aliphatic hydroxyl groups is 1. The van der Waals surface area contributed by atoms with E-state index in [9.17, 15) is 5.11 Å². The van der Waals surface area contributed by atoms with Crippen molar-refractivity contribution in [2.24, 2.45) is 5.41 Å². The smallest absolute Gasteiger partial charge is 0.0597 e. The highest BCUT2D eigenvalue weighted by molar-refractivity contribution is 5.05. The molecule has 10 heavy (non-hydrogen) atoms. The Morgan fingerprint density at radius 3 is 2.60 bits per heavy atom. The van der Waals surface area contributed by atoms with Crippen LogP contribution in [0.3, 0.4) is 0 Å². The fraction of sp³-hybridized carbons (Fsp3) is 0.778. The molecule has 0 saturated heterocycles. The summed E-state index contributed by atoms with van der Waals surface area (Å²) in [5.74, 6) is 0. The van der Waals surface area contributed by atoms with Gasteiger partial charge in [0.05, 0.1) is 6.10 Å². The average Bonchev–Trinajstić information content (AvgIpc) is 1.78. The highest BCUT2D eigenvalue weighted by Crippen LogP contribution is 2.37. The Bertz CT molecular complexity index is 147. The Hall–Kier alpha value is -0.300.